The highest BCUT2D eigenvalue weighted by Crippen LogP contribution is 2.30. The van der Waals surface area contributed by atoms with Crippen LogP contribution in [0, 0.1) is 11.3 Å². The van der Waals surface area contributed by atoms with Gasteiger partial charge in [-0.3, -0.25) is 4.98 Å². The number of aromatic nitrogens is 1. The molecular weight excluding hydrogens is 286 g/mol. The van der Waals surface area contributed by atoms with Gasteiger partial charge in [0.2, 0.25) is 0 Å². The fraction of sp³-hybridized carbons (Fsp3) is 0.333. The first-order valence-corrected chi connectivity index (χ1v) is 8.66. The summed E-state index contributed by atoms with van der Waals surface area (Å²) in [5.41, 5.74) is 2.12. The molecule has 1 aromatic heterocycles. The highest BCUT2D eigenvalue weighted by Gasteiger charge is 2.22. The molecule has 0 bridgehead atoms. The van der Waals surface area contributed by atoms with Crippen LogP contribution in [0.25, 0.3) is 10.9 Å². The maximum Gasteiger partial charge on any atom is 0.152 e. The molecule has 1 fully saturated rings. The normalized spacial score (nSPS) is 18.1. The second kappa shape index (κ2) is 5.34. The van der Waals surface area contributed by atoms with Crippen molar-refractivity contribution in [2.24, 2.45) is 0 Å². The van der Waals surface area contributed by atoms with Crippen LogP contribution in [-0.2, 0) is 9.84 Å². The van der Waals surface area contributed by atoms with Crippen LogP contribution < -0.4 is 4.90 Å². The molecule has 1 aliphatic heterocycles. The number of benzene rings is 1. The molecule has 2 heterocycles. The van der Waals surface area contributed by atoms with E-state index >= 15 is 0 Å². The van der Waals surface area contributed by atoms with Crippen LogP contribution in [0.5, 0.6) is 0 Å². The van der Waals surface area contributed by atoms with Crippen LogP contribution in [0.1, 0.15) is 12.0 Å². The largest absolute Gasteiger partial charge is 0.369 e. The molecule has 0 spiro atoms. The number of pyridine rings is 1. The highest BCUT2D eigenvalue weighted by molar-refractivity contribution is 7.91. The lowest BCUT2D eigenvalue weighted by molar-refractivity contribution is 0.597. The van der Waals surface area contributed by atoms with E-state index in [4.69, 9.17) is 0 Å². The zero-order chi connectivity index (χ0) is 14.9. The zero-order valence-corrected chi connectivity index (χ0v) is 12.3. The maximum absolute atomic E-state index is 11.8. The Labute approximate surface area is 123 Å². The van der Waals surface area contributed by atoms with E-state index in [1.165, 1.54) is 0 Å². The summed E-state index contributed by atoms with van der Waals surface area (Å²) in [6, 6.07) is 9.81. The Morgan fingerprint density at radius 1 is 1.19 bits per heavy atom. The summed E-state index contributed by atoms with van der Waals surface area (Å²) in [6.07, 6.45) is 2.15. The number of sulfone groups is 1. The molecule has 0 saturated carbocycles. The average Bonchev–Trinajstić information content (AvgIpc) is 2.67. The van der Waals surface area contributed by atoms with Crippen molar-refractivity contribution in [2.75, 3.05) is 29.5 Å². The molecule has 0 atom stereocenters. The Kier molecular flexibility index (Phi) is 3.52. The number of hydrogen-bond donors (Lipinski definition) is 0. The lowest BCUT2D eigenvalue weighted by Crippen LogP contribution is -2.27. The van der Waals surface area contributed by atoms with E-state index in [2.05, 4.69) is 11.1 Å². The predicted octanol–water partition coefficient (Wildman–Crippen LogP) is 1.73. The molecule has 0 radical (unpaired) electrons. The smallest absolute Gasteiger partial charge is 0.152 e. The second-order valence-electron chi connectivity index (χ2n) is 5.14. The van der Waals surface area contributed by atoms with Gasteiger partial charge in [-0.05, 0) is 12.5 Å². The Morgan fingerprint density at radius 2 is 2.00 bits per heavy atom. The number of rotatable bonds is 1. The van der Waals surface area contributed by atoms with Gasteiger partial charge in [-0.25, -0.2) is 8.42 Å². The molecule has 3 rings (SSSR count). The summed E-state index contributed by atoms with van der Waals surface area (Å²) in [5.74, 6) is 0.350. The third-order valence-electron chi connectivity index (χ3n) is 3.74. The van der Waals surface area contributed by atoms with E-state index in [1.54, 1.807) is 6.20 Å². The lowest BCUT2D eigenvalue weighted by Gasteiger charge is -2.24. The van der Waals surface area contributed by atoms with Gasteiger partial charge in [0.25, 0.3) is 0 Å². The molecule has 6 heteroatoms. The van der Waals surface area contributed by atoms with Crippen molar-refractivity contribution < 1.29 is 8.42 Å². The van der Waals surface area contributed by atoms with Crippen molar-refractivity contribution in [2.45, 2.75) is 6.42 Å². The van der Waals surface area contributed by atoms with E-state index < -0.39 is 9.84 Å². The molecule has 1 saturated heterocycles. The van der Waals surface area contributed by atoms with Crippen molar-refractivity contribution in [1.82, 2.24) is 4.98 Å². The summed E-state index contributed by atoms with van der Waals surface area (Å²) in [5, 5.41) is 10.2. The first-order chi connectivity index (χ1) is 10.1. The molecule has 1 aliphatic rings. The van der Waals surface area contributed by atoms with Gasteiger partial charge in [-0.15, -0.1) is 0 Å². The minimum atomic E-state index is -2.97. The molecule has 0 amide bonds. The van der Waals surface area contributed by atoms with Gasteiger partial charge in [0.15, 0.2) is 9.84 Å². The predicted molar refractivity (Wildman–Crippen MR) is 81.9 cm³/mol. The monoisotopic (exact) mass is 301 g/mol. The van der Waals surface area contributed by atoms with Crippen molar-refractivity contribution in [3.63, 3.8) is 0 Å². The molecule has 5 nitrogen and oxygen atoms in total. The van der Waals surface area contributed by atoms with Gasteiger partial charge in [-0.1, -0.05) is 18.2 Å². The number of anilines is 1. The number of nitrogens with zero attached hydrogens (tertiary/aromatic N) is 3. The van der Waals surface area contributed by atoms with Crippen molar-refractivity contribution >= 4 is 26.4 Å². The Hall–Kier alpha value is -2.13. The lowest BCUT2D eigenvalue weighted by atomic mass is 10.1. The van der Waals surface area contributed by atoms with E-state index in [9.17, 15) is 13.7 Å². The summed E-state index contributed by atoms with van der Waals surface area (Å²) in [4.78, 5) is 6.30. The van der Waals surface area contributed by atoms with Gasteiger partial charge in [-0.2, -0.15) is 5.26 Å². The summed E-state index contributed by atoms with van der Waals surface area (Å²) >= 11 is 0. The summed E-state index contributed by atoms with van der Waals surface area (Å²) in [6.45, 7) is 1.06. The van der Waals surface area contributed by atoms with Crippen LogP contribution in [0.2, 0.25) is 0 Å². The number of para-hydroxylation sites is 1. The van der Waals surface area contributed by atoms with E-state index in [0.717, 1.165) is 16.6 Å². The minimum absolute atomic E-state index is 0.133. The first-order valence-electron chi connectivity index (χ1n) is 6.84. The molecule has 0 unspecified atom stereocenters. The molecule has 1 aromatic carbocycles. The third-order valence-corrected chi connectivity index (χ3v) is 5.45. The first kappa shape index (κ1) is 13.8. The second-order valence-corrected chi connectivity index (χ2v) is 7.45. The SMILES string of the molecule is N#Cc1cnc2ccccc2c1N1CCCS(=O)(=O)CC1. The minimum Gasteiger partial charge on any atom is -0.369 e. The summed E-state index contributed by atoms with van der Waals surface area (Å²) in [7, 11) is -2.97. The van der Waals surface area contributed by atoms with Gasteiger partial charge in [0, 0.05) is 24.7 Å². The molecule has 2 aromatic rings. The Bertz CT molecular complexity index is 824. The fourth-order valence-corrected chi connectivity index (χ4v) is 3.98. The highest BCUT2D eigenvalue weighted by atomic mass is 32.2. The molecular formula is C15H15N3O2S. The van der Waals surface area contributed by atoms with Gasteiger partial charge >= 0.3 is 0 Å². The van der Waals surface area contributed by atoms with Crippen LogP contribution in [0.15, 0.2) is 30.5 Å². The molecule has 0 aliphatic carbocycles. The number of fused-ring (bicyclic) bond motifs is 1. The van der Waals surface area contributed by atoms with E-state index in [1.807, 2.05) is 29.2 Å². The quantitative estimate of drug-likeness (QED) is 0.802. The van der Waals surface area contributed by atoms with Crippen LogP contribution in [-0.4, -0.2) is 38.0 Å². The van der Waals surface area contributed by atoms with Crippen molar-refractivity contribution in [1.29, 1.82) is 5.26 Å². The zero-order valence-electron chi connectivity index (χ0n) is 11.5. The van der Waals surface area contributed by atoms with Crippen LogP contribution in [0.4, 0.5) is 5.69 Å². The van der Waals surface area contributed by atoms with Gasteiger partial charge in [0.05, 0.1) is 28.3 Å². The van der Waals surface area contributed by atoms with Crippen LogP contribution >= 0.6 is 0 Å². The van der Waals surface area contributed by atoms with Gasteiger partial charge < -0.3 is 4.90 Å². The van der Waals surface area contributed by atoms with E-state index in [-0.39, 0.29) is 11.5 Å². The molecule has 0 N–H and O–H groups in total. The third kappa shape index (κ3) is 2.69. The maximum atomic E-state index is 11.8. The van der Waals surface area contributed by atoms with Gasteiger partial charge in [0.1, 0.15) is 6.07 Å². The molecule has 108 valence electrons. The van der Waals surface area contributed by atoms with Crippen molar-refractivity contribution in [3.05, 3.63) is 36.0 Å². The fourth-order valence-electron chi connectivity index (χ4n) is 2.71. The van der Waals surface area contributed by atoms with Crippen molar-refractivity contribution in [3.8, 4) is 6.07 Å². The van der Waals surface area contributed by atoms with E-state index in [0.29, 0.717) is 25.1 Å². The number of nitriles is 1. The Balaban J connectivity index is 2.12. The summed E-state index contributed by atoms with van der Waals surface area (Å²) < 4.78 is 23.5. The number of hydrogen-bond acceptors (Lipinski definition) is 5. The standard InChI is InChI=1S/C15H15N3O2S/c16-10-12-11-17-14-5-2-1-4-13(14)15(12)18-6-3-8-21(19,20)9-7-18/h1-2,4-5,11H,3,6-9H2. The molecule has 21 heavy (non-hydrogen) atoms. The topological polar surface area (TPSA) is 74.1 Å². The average molecular weight is 301 g/mol. The van der Waals surface area contributed by atoms with Crippen LogP contribution in [0.3, 0.4) is 0 Å². The Morgan fingerprint density at radius 3 is 2.81 bits per heavy atom.